The topological polar surface area (TPSA) is 3.24 Å². The molecule has 0 saturated heterocycles. The number of benzene rings is 6. The zero-order chi connectivity index (χ0) is 26.3. The number of hydrogen-bond donors (Lipinski definition) is 0. The minimum Gasteiger partial charge on any atom is -0.337 e. The van der Waals surface area contributed by atoms with Crippen LogP contribution in [0.2, 0.25) is 0 Å². The van der Waals surface area contributed by atoms with Crippen LogP contribution in [0.1, 0.15) is 5.56 Å². The van der Waals surface area contributed by atoms with E-state index in [9.17, 15) is 0 Å². The molecule has 186 valence electrons. The molecule has 1 heterocycles. The first kappa shape index (κ1) is 23.7. The van der Waals surface area contributed by atoms with Gasteiger partial charge >= 0.3 is 0 Å². The summed E-state index contributed by atoms with van der Waals surface area (Å²) in [4.78, 5) is 2.40. The van der Waals surface area contributed by atoms with E-state index in [1.807, 2.05) is 0 Å². The van der Waals surface area contributed by atoms with Gasteiger partial charge in [-0.15, -0.1) is 0 Å². The Morgan fingerprint density at radius 2 is 1.21 bits per heavy atom. The largest absolute Gasteiger partial charge is 0.337 e. The lowest BCUT2D eigenvalue weighted by atomic mass is 9.93. The Morgan fingerprint density at radius 1 is 0.590 bits per heavy atom. The smallest absolute Gasteiger partial charge is 0.0493 e. The van der Waals surface area contributed by atoms with Crippen molar-refractivity contribution in [3.63, 3.8) is 0 Å². The Hall–Kier alpha value is -4.40. The highest BCUT2D eigenvalue weighted by atomic mass is 79.9. The summed E-state index contributed by atoms with van der Waals surface area (Å²) in [6.07, 6.45) is 8.51. The second-order valence-corrected chi connectivity index (χ2v) is 10.9. The van der Waals surface area contributed by atoms with Crippen molar-refractivity contribution in [1.82, 2.24) is 0 Å². The Labute approximate surface area is 237 Å². The van der Waals surface area contributed by atoms with Crippen molar-refractivity contribution >= 4 is 65.2 Å². The molecular weight excluding hydrogens is 538 g/mol. The van der Waals surface area contributed by atoms with E-state index < -0.39 is 0 Å². The molecule has 6 aromatic rings. The van der Waals surface area contributed by atoms with Gasteiger partial charge in [0.2, 0.25) is 0 Å². The van der Waals surface area contributed by atoms with Crippen molar-refractivity contribution in [1.29, 1.82) is 0 Å². The van der Waals surface area contributed by atoms with Gasteiger partial charge in [0.15, 0.2) is 0 Å². The van der Waals surface area contributed by atoms with Crippen molar-refractivity contribution in [3.05, 3.63) is 150 Å². The number of allylic oxidation sites excluding steroid dienone is 4. The van der Waals surface area contributed by atoms with Gasteiger partial charge in [0.25, 0.3) is 0 Å². The predicted molar refractivity (Wildman–Crippen MR) is 173 cm³/mol. The molecule has 0 N–H and O–H groups in total. The van der Waals surface area contributed by atoms with Crippen molar-refractivity contribution in [2.45, 2.75) is 0 Å². The molecule has 2 heteroatoms. The molecule has 0 bridgehead atoms. The quantitative estimate of drug-likeness (QED) is 0.189. The lowest BCUT2D eigenvalue weighted by molar-refractivity contribution is 1.10. The molecular formula is C37H26BrN. The fraction of sp³-hybridized carbons (Fsp3) is 0.0270. The minimum absolute atomic E-state index is 0.763. The SMILES string of the molecule is C=C1/C=C\C=C/CN(c2ccc3c4ccccc4c4ccccc4c3c2)c2ccc(-c3ccc(Br)cc3)cc21. The highest BCUT2D eigenvalue weighted by Gasteiger charge is 2.17. The normalized spacial score (nSPS) is 15.1. The molecule has 0 atom stereocenters. The van der Waals surface area contributed by atoms with Gasteiger partial charge in [0.1, 0.15) is 0 Å². The van der Waals surface area contributed by atoms with E-state index >= 15 is 0 Å². The Bertz CT molecular complexity index is 1930. The van der Waals surface area contributed by atoms with E-state index in [1.165, 1.54) is 49.1 Å². The molecule has 39 heavy (non-hydrogen) atoms. The van der Waals surface area contributed by atoms with Gasteiger partial charge < -0.3 is 4.90 Å². The molecule has 1 aliphatic heterocycles. The van der Waals surface area contributed by atoms with Crippen LogP contribution in [0.15, 0.2) is 145 Å². The van der Waals surface area contributed by atoms with Crippen molar-refractivity contribution in [2.75, 3.05) is 11.4 Å². The van der Waals surface area contributed by atoms with Crippen LogP contribution >= 0.6 is 15.9 Å². The number of halogens is 1. The highest BCUT2D eigenvalue weighted by molar-refractivity contribution is 9.10. The molecule has 0 unspecified atom stereocenters. The molecule has 0 amide bonds. The summed E-state index contributed by atoms with van der Waals surface area (Å²) in [7, 11) is 0. The number of fused-ring (bicyclic) bond motifs is 7. The standard InChI is InChI=1S/C37H26BrN/c1-25-9-3-2-8-22-39(37-21-16-27(23-35(25)37)26-14-17-28(38)18-15-26)29-19-20-34-32-12-5-4-10-30(32)31-11-6-7-13-33(31)36(34)24-29/h2-21,23-24H,1,22H2/b8-2-,9-3-. The van der Waals surface area contributed by atoms with Crippen LogP contribution in [0, 0.1) is 0 Å². The van der Waals surface area contributed by atoms with Crippen LogP contribution in [0.5, 0.6) is 0 Å². The molecule has 1 aliphatic rings. The summed E-state index contributed by atoms with van der Waals surface area (Å²) < 4.78 is 1.08. The first-order valence-corrected chi connectivity index (χ1v) is 14.0. The number of nitrogens with zero attached hydrogens (tertiary/aromatic N) is 1. The second-order valence-electron chi connectivity index (χ2n) is 9.98. The fourth-order valence-electron chi connectivity index (χ4n) is 5.76. The van der Waals surface area contributed by atoms with Gasteiger partial charge in [-0.2, -0.15) is 0 Å². The van der Waals surface area contributed by atoms with Gasteiger partial charge in [-0.05, 0) is 85.4 Å². The van der Waals surface area contributed by atoms with E-state index in [-0.39, 0.29) is 0 Å². The van der Waals surface area contributed by atoms with Gasteiger partial charge in [0, 0.05) is 28.0 Å². The summed E-state index contributed by atoms with van der Waals surface area (Å²) in [5.74, 6) is 0. The Kier molecular flexibility index (Phi) is 5.91. The molecule has 0 aromatic heterocycles. The third kappa shape index (κ3) is 4.18. The van der Waals surface area contributed by atoms with E-state index in [4.69, 9.17) is 0 Å². The zero-order valence-electron chi connectivity index (χ0n) is 21.4. The Morgan fingerprint density at radius 3 is 1.90 bits per heavy atom. The van der Waals surface area contributed by atoms with Crippen molar-refractivity contribution < 1.29 is 0 Å². The van der Waals surface area contributed by atoms with E-state index in [0.717, 1.165) is 27.8 Å². The summed E-state index contributed by atoms with van der Waals surface area (Å²) in [5.41, 5.74) is 6.82. The molecule has 1 nitrogen and oxygen atoms in total. The van der Waals surface area contributed by atoms with E-state index in [2.05, 4.69) is 161 Å². The van der Waals surface area contributed by atoms with Crippen LogP contribution in [0.3, 0.4) is 0 Å². The molecule has 7 rings (SSSR count). The monoisotopic (exact) mass is 563 g/mol. The predicted octanol–water partition coefficient (Wildman–Crippen LogP) is 10.9. The van der Waals surface area contributed by atoms with Gasteiger partial charge in [-0.25, -0.2) is 0 Å². The molecule has 0 aliphatic carbocycles. The molecule has 0 spiro atoms. The van der Waals surface area contributed by atoms with Crippen LogP contribution in [-0.4, -0.2) is 6.54 Å². The maximum absolute atomic E-state index is 4.45. The second kappa shape index (κ2) is 9.72. The molecule has 0 radical (unpaired) electrons. The van der Waals surface area contributed by atoms with Crippen molar-refractivity contribution in [3.8, 4) is 11.1 Å². The van der Waals surface area contributed by atoms with Gasteiger partial charge in [-0.1, -0.05) is 120 Å². The summed E-state index contributed by atoms with van der Waals surface area (Å²) in [6, 6.07) is 39.6. The van der Waals surface area contributed by atoms with Crippen LogP contribution in [-0.2, 0) is 0 Å². The van der Waals surface area contributed by atoms with Gasteiger partial charge in [-0.3, -0.25) is 0 Å². The fourth-order valence-corrected chi connectivity index (χ4v) is 6.03. The maximum atomic E-state index is 4.45. The van der Waals surface area contributed by atoms with Crippen LogP contribution in [0.4, 0.5) is 11.4 Å². The number of rotatable bonds is 2. The van der Waals surface area contributed by atoms with Crippen molar-refractivity contribution in [2.24, 2.45) is 0 Å². The van der Waals surface area contributed by atoms with Gasteiger partial charge in [0.05, 0.1) is 0 Å². The third-order valence-corrected chi connectivity index (χ3v) is 8.21. The lowest BCUT2D eigenvalue weighted by Gasteiger charge is -2.27. The lowest BCUT2D eigenvalue weighted by Crippen LogP contribution is -2.18. The van der Waals surface area contributed by atoms with Crippen LogP contribution < -0.4 is 4.90 Å². The number of hydrogen-bond acceptors (Lipinski definition) is 1. The van der Waals surface area contributed by atoms with E-state index in [0.29, 0.717) is 0 Å². The highest BCUT2D eigenvalue weighted by Crippen LogP contribution is 2.40. The Balaban J connectivity index is 1.44. The maximum Gasteiger partial charge on any atom is 0.0493 e. The van der Waals surface area contributed by atoms with Crippen LogP contribution in [0.25, 0.3) is 49.0 Å². The average Bonchev–Trinajstić information content (AvgIpc) is 3.06. The zero-order valence-corrected chi connectivity index (χ0v) is 23.0. The average molecular weight is 565 g/mol. The number of anilines is 2. The molecule has 6 aromatic carbocycles. The molecule has 0 saturated carbocycles. The summed E-state index contributed by atoms with van der Waals surface area (Å²) in [5, 5.41) is 7.72. The third-order valence-electron chi connectivity index (χ3n) is 7.68. The summed E-state index contributed by atoms with van der Waals surface area (Å²) in [6.45, 7) is 5.21. The summed E-state index contributed by atoms with van der Waals surface area (Å²) >= 11 is 3.56. The minimum atomic E-state index is 0.763. The molecule has 0 fully saturated rings. The first-order chi connectivity index (χ1) is 19.2. The van der Waals surface area contributed by atoms with E-state index in [1.54, 1.807) is 0 Å². The first-order valence-electron chi connectivity index (χ1n) is 13.2.